The third-order valence-corrected chi connectivity index (χ3v) is 7.72. The number of benzene rings is 5. The van der Waals surface area contributed by atoms with E-state index in [0.29, 0.717) is 5.69 Å². The second-order valence-electron chi connectivity index (χ2n) is 9.90. The first-order chi connectivity index (χ1) is 19.8. The number of para-hydroxylation sites is 3. The quantitative estimate of drug-likeness (QED) is 0.237. The van der Waals surface area contributed by atoms with Gasteiger partial charge in [-0.3, -0.25) is 0 Å². The summed E-state index contributed by atoms with van der Waals surface area (Å²) in [5.41, 5.74) is 9.47. The van der Waals surface area contributed by atoms with E-state index < -0.39 is 0 Å². The number of nitriles is 1. The molecule has 0 fully saturated rings. The third-order valence-electron chi connectivity index (χ3n) is 7.72. The van der Waals surface area contributed by atoms with E-state index in [1.807, 2.05) is 36.4 Å². The number of rotatable bonds is 3. The predicted octanol–water partition coefficient (Wildman–Crippen LogP) is 9.28. The van der Waals surface area contributed by atoms with E-state index >= 15 is 0 Å². The first kappa shape index (κ1) is 22.3. The van der Waals surface area contributed by atoms with Gasteiger partial charge in [0.05, 0.1) is 22.1 Å². The fraction of sp³-hybridized carbons (Fsp3) is 0. The van der Waals surface area contributed by atoms with Crippen molar-refractivity contribution in [2.45, 2.75) is 0 Å². The first-order valence-corrected chi connectivity index (χ1v) is 13.2. The zero-order chi connectivity index (χ0) is 26.6. The Morgan fingerprint density at radius 1 is 0.625 bits per heavy atom. The highest BCUT2D eigenvalue weighted by Crippen LogP contribution is 2.42. The van der Waals surface area contributed by atoms with Gasteiger partial charge in [-0.25, -0.2) is 4.98 Å². The molecule has 4 heteroatoms. The maximum absolute atomic E-state index is 9.63. The van der Waals surface area contributed by atoms with Crippen LogP contribution in [0.4, 0.5) is 0 Å². The van der Waals surface area contributed by atoms with Gasteiger partial charge in [-0.15, -0.1) is 0 Å². The molecule has 0 aliphatic heterocycles. The molecule has 4 nitrogen and oxygen atoms in total. The Morgan fingerprint density at radius 3 is 2.27 bits per heavy atom. The fourth-order valence-corrected chi connectivity index (χ4v) is 5.99. The largest absolute Gasteiger partial charge is 0.455 e. The van der Waals surface area contributed by atoms with Crippen LogP contribution in [0.3, 0.4) is 0 Å². The SMILES string of the molecule is N#Cc1ncccc1-c1cccc(-c2ccccc2-n2c3ccccc3c3c4oc5ccccc5c4ccc32)c1. The molecule has 0 radical (unpaired) electrons. The molecule has 5 aromatic carbocycles. The van der Waals surface area contributed by atoms with Gasteiger partial charge in [0.1, 0.15) is 22.9 Å². The van der Waals surface area contributed by atoms with Crippen molar-refractivity contribution in [2.75, 3.05) is 0 Å². The standard InChI is InChI=1S/C36H21N3O/c37-22-30-25(14-8-20-38-30)23-9-7-10-24(21-23)26-11-1-4-15-31(26)39-32-16-5-2-13-29(32)35-33(39)19-18-28-27-12-3-6-17-34(27)40-36(28)35/h1-21H. The van der Waals surface area contributed by atoms with E-state index in [9.17, 15) is 5.26 Å². The van der Waals surface area contributed by atoms with Crippen LogP contribution in [0.5, 0.6) is 0 Å². The Bertz CT molecular complexity index is 2300. The van der Waals surface area contributed by atoms with Crippen molar-refractivity contribution in [2.24, 2.45) is 0 Å². The number of aromatic nitrogens is 2. The van der Waals surface area contributed by atoms with Crippen LogP contribution in [0.25, 0.3) is 71.7 Å². The van der Waals surface area contributed by atoms with Crippen LogP contribution in [-0.2, 0) is 0 Å². The van der Waals surface area contributed by atoms with Gasteiger partial charge in [-0.05, 0) is 59.7 Å². The zero-order valence-electron chi connectivity index (χ0n) is 21.4. The molecule has 3 heterocycles. The van der Waals surface area contributed by atoms with Gasteiger partial charge in [0.2, 0.25) is 0 Å². The van der Waals surface area contributed by atoms with Crippen molar-refractivity contribution in [3.63, 3.8) is 0 Å². The molecule has 0 unspecified atom stereocenters. The van der Waals surface area contributed by atoms with Gasteiger partial charge in [-0.1, -0.05) is 72.8 Å². The summed E-state index contributed by atoms with van der Waals surface area (Å²) in [5.74, 6) is 0. The summed E-state index contributed by atoms with van der Waals surface area (Å²) in [4.78, 5) is 4.27. The minimum absolute atomic E-state index is 0.421. The summed E-state index contributed by atoms with van der Waals surface area (Å²) < 4.78 is 8.82. The molecule has 0 bridgehead atoms. The molecule has 40 heavy (non-hydrogen) atoms. The van der Waals surface area contributed by atoms with Gasteiger partial charge in [-0.2, -0.15) is 5.26 Å². The topological polar surface area (TPSA) is 54.8 Å². The number of furan rings is 1. The Kier molecular flexibility index (Phi) is 4.85. The van der Waals surface area contributed by atoms with E-state index in [1.165, 1.54) is 0 Å². The molecule has 0 amide bonds. The molecule has 0 spiro atoms. The van der Waals surface area contributed by atoms with Crippen LogP contribution in [0.1, 0.15) is 5.69 Å². The average molecular weight is 512 g/mol. The minimum atomic E-state index is 0.421. The molecule has 0 aliphatic carbocycles. The van der Waals surface area contributed by atoms with Crippen molar-refractivity contribution in [1.82, 2.24) is 9.55 Å². The lowest BCUT2D eigenvalue weighted by Crippen LogP contribution is -1.97. The van der Waals surface area contributed by atoms with Gasteiger partial charge in [0.15, 0.2) is 0 Å². The predicted molar refractivity (Wildman–Crippen MR) is 161 cm³/mol. The molecule has 3 aromatic heterocycles. The maximum atomic E-state index is 9.63. The Morgan fingerprint density at radius 2 is 1.38 bits per heavy atom. The summed E-state index contributed by atoms with van der Waals surface area (Å²) in [5, 5.41) is 14.1. The average Bonchev–Trinajstić information content (AvgIpc) is 3.57. The van der Waals surface area contributed by atoms with Crippen LogP contribution in [0.2, 0.25) is 0 Å². The summed E-state index contributed by atoms with van der Waals surface area (Å²) in [6, 6.07) is 44.0. The van der Waals surface area contributed by atoms with Crippen LogP contribution >= 0.6 is 0 Å². The number of fused-ring (bicyclic) bond motifs is 7. The molecular weight excluding hydrogens is 490 g/mol. The van der Waals surface area contributed by atoms with E-state index in [1.54, 1.807) is 6.20 Å². The molecule has 186 valence electrons. The highest BCUT2D eigenvalue weighted by Gasteiger charge is 2.20. The van der Waals surface area contributed by atoms with Crippen LogP contribution in [0.15, 0.2) is 132 Å². The second kappa shape index (κ2) is 8.69. The monoisotopic (exact) mass is 511 g/mol. The van der Waals surface area contributed by atoms with Crippen molar-refractivity contribution in [3.05, 3.63) is 133 Å². The molecule has 0 atom stereocenters. The second-order valence-corrected chi connectivity index (χ2v) is 9.90. The third kappa shape index (κ3) is 3.22. The lowest BCUT2D eigenvalue weighted by molar-refractivity contribution is 0.673. The minimum Gasteiger partial charge on any atom is -0.455 e. The molecule has 8 aromatic rings. The van der Waals surface area contributed by atoms with E-state index in [4.69, 9.17) is 4.42 Å². The molecule has 0 saturated carbocycles. The maximum Gasteiger partial charge on any atom is 0.148 e. The van der Waals surface area contributed by atoms with E-state index in [0.717, 1.165) is 71.7 Å². The highest BCUT2D eigenvalue weighted by molar-refractivity contribution is 6.24. The smallest absolute Gasteiger partial charge is 0.148 e. The lowest BCUT2D eigenvalue weighted by Gasteiger charge is -2.15. The van der Waals surface area contributed by atoms with Crippen molar-refractivity contribution in [1.29, 1.82) is 5.26 Å². The molecule has 0 N–H and O–H groups in total. The number of nitrogens with zero attached hydrogens (tertiary/aromatic N) is 3. The Hall–Kier alpha value is -5.66. The van der Waals surface area contributed by atoms with Crippen molar-refractivity contribution >= 4 is 43.7 Å². The van der Waals surface area contributed by atoms with Gasteiger partial charge < -0.3 is 8.98 Å². The summed E-state index contributed by atoms with van der Waals surface area (Å²) in [6.07, 6.45) is 1.66. The summed E-state index contributed by atoms with van der Waals surface area (Å²) in [6.45, 7) is 0. The van der Waals surface area contributed by atoms with Gasteiger partial charge in [0.25, 0.3) is 0 Å². The highest BCUT2D eigenvalue weighted by atomic mass is 16.3. The van der Waals surface area contributed by atoms with E-state index in [-0.39, 0.29) is 0 Å². The summed E-state index contributed by atoms with van der Waals surface area (Å²) >= 11 is 0. The normalized spacial score (nSPS) is 11.5. The molecule has 0 saturated heterocycles. The fourth-order valence-electron chi connectivity index (χ4n) is 5.99. The van der Waals surface area contributed by atoms with Gasteiger partial charge in [0, 0.05) is 33.5 Å². The Labute approximate surface area is 230 Å². The first-order valence-electron chi connectivity index (χ1n) is 13.2. The van der Waals surface area contributed by atoms with E-state index in [2.05, 4.69) is 101 Å². The van der Waals surface area contributed by atoms with Crippen molar-refractivity contribution < 1.29 is 4.42 Å². The van der Waals surface area contributed by atoms with Crippen LogP contribution < -0.4 is 0 Å². The molecule has 8 rings (SSSR count). The molecular formula is C36H21N3O. The summed E-state index contributed by atoms with van der Waals surface area (Å²) in [7, 11) is 0. The van der Waals surface area contributed by atoms with Crippen LogP contribution in [0, 0.1) is 11.3 Å². The van der Waals surface area contributed by atoms with Gasteiger partial charge >= 0.3 is 0 Å². The lowest BCUT2D eigenvalue weighted by atomic mass is 9.97. The number of hydrogen-bond acceptors (Lipinski definition) is 3. The molecule has 0 aliphatic rings. The number of pyridine rings is 1. The zero-order valence-corrected chi connectivity index (χ0v) is 21.4. The van der Waals surface area contributed by atoms with Crippen LogP contribution in [-0.4, -0.2) is 9.55 Å². The number of hydrogen-bond donors (Lipinski definition) is 0. The Balaban J connectivity index is 1.41. The van der Waals surface area contributed by atoms with Crippen molar-refractivity contribution in [3.8, 4) is 34.0 Å².